The highest BCUT2D eigenvalue weighted by molar-refractivity contribution is 5.79. The highest BCUT2D eigenvalue weighted by atomic mass is 16.5. The molecule has 1 aromatic heterocycles. The van der Waals surface area contributed by atoms with E-state index in [0.717, 1.165) is 63.0 Å². The van der Waals surface area contributed by atoms with Crippen LogP contribution in [0.2, 0.25) is 0 Å². The van der Waals surface area contributed by atoms with Crippen LogP contribution in [0.15, 0.2) is 52.1 Å². The molecule has 1 aliphatic heterocycles. The molecule has 0 radical (unpaired) electrons. The Morgan fingerprint density at radius 1 is 1.15 bits per heavy atom. The fraction of sp³-hybridized carbons (Fsp3) is 0.476. The van der Waals surface area contributed by atoms with E-state index in [2.05, 4.69) is 27.8 Å². The summed E-state index contributed by atoms with van der Waals surface area (Å²) in [6.45, 7) is 3.13. The molecule has 0 unspecified atom stereocenters. The molecule has 0 bridgehead atoms. The van der Waals surface area contributed by atoms with Gasteiger partial charge in [-0.3, -0.25) is 4.99 Å². The largest absolute Gasteiger partial charge is 0.497 e. The highest BCUT2D eigenvalue weighted by Crippen LogP contribution is 2.35. The van der Waals surface area contributed by atoms with Crippen LogP contribution in [0.25, 0.3) is 0 Å². The van der Waals surface area contributed by atoms with Crippen molar-refractivity contribution in [2.45, 2.75) is 24.7 Å². The minimum absolute atomic E-state index is 0.0309. The lowest BCUT2D eigenvalue weighted by atomic mass is 9.74. The number of hydrogen-bond acceptors (Lipinski definition) is 4. The standard InChI is InChI=1S/C21H29N3O3/c1-22-20(23-12-9-19-4-3-13-27-19)24-16-21(10-14-26-15-11-21)17-5-7-18(25-2)8-6-17/h3-8,13H,9-12,14-16H2,1-2H3,(H2,22,23,24). The predicted molar refractivity (Wildman–Crippen MR) is 107 cm³/mol. The normalized spacial score (nSPS) is 16.7. The Bertz CT molecular complexity index is 705. The number of hydrogen-bond donors (Lipinski definition) is 2. The van der Waals surface area contributed by atoms with Crippen molar-refractivity contribution in [2.75, 3.05) is 40.5 Å². The fourth-order valence-electron chi connectivity index (χ4n) is 3.51. The maximum absolute atomic E-state index is 5.62. The molecule has 27 heavy (non-hydrogen) atoms. The summed E-state index contributed by atoms with van der Waals surface area (Å²) >= 11 is 0. The summed E-state index contributed by atoms with van der Waals surface area (Å²) in [4.78, 5) is 4.36. The van der Waals surface area contributed by atoms with Gasteiger partial charge in [0.2, 0.25) is 0 Å². The van der Waals surface area contributed by atoms with Crippen LogP contribution in [0.1, 0.15) is 24.2 Å². The summed E-state index contributed by atoms with van der Waals surface area (Å²) < 4.78 is 16.3. The molecule has 2 N–H and O–H groups in total. The van der Waals surface area contributed by atoms with Crippen molar-refractivity contribution in [3.05, 3.63) is 54.0 Å². The second kappa shape index (κ2) is 9.46. The zero-order chi connectivity index (χ0) is 19.0. The smallest absolute Gasteiger partial charge is 0.191 e. The molecule has 0 saturated carbocycles. The van der Waals surface area contributed by atoms with E-state index in [9.17, 15) is 0 Å². The van der Waals surface area contributed by atoms with Crippen molar-refractivity contribution in [3.8, 4) is 5.75 Å². The molecule has 0 spiro atoms. The third-order valence-corrected chi connectivity index (χ3v) is 5.21. The maximum atomic E-state index is 5.62. The Labute approximate surface area is 161 Å². The van der Waals surface area contributed by atoms with Crippen molar-refractivity contribution >= 4 is 5.96 Å². The maximum Gasteiger partial charge on any atom is 0.191 e. The van der Waals surface area contributed by atoms with Crippen molar-refractivity contribution in [2.24, 2.45) is 4.99 Å². The lowest BCUT2D eigenvalue weighted by molar-refractivity contribution is 0.0513. The van der Waals surface area contributed by atoms with Gasteiger partial charge < -0.3 is 24.5 Å². The lowest BCUT2D eigenvalue weighted by Gasteiger charge is -2.38. The highest BCUT2D eigenvalue weighted by Gasteiger charge is 2.34. The van der Waals surface area contributed by atoms with Gasteiger partial charge >= 0.3 is 0 Å². The average Bonchev–Trinajstić information content (AvgIpc) is 3.25. The molecule has 6 nitrogen and oxygen atoms in total. The Morgan fingerprint density at radius 3 is 2.56 bits per heavy atom. The number of ether oxygens (including phenoxy) is 2. The second-order valence-corrected chi connectivity index (χ2v) is 6.80. The van der Waals surface area contributed by atoms with Crippen LogP contribution in [0, 0.1) is 0 Å². The van der Waals surface area contributed by atoms with E-state index in [-0.39, 0.29) is 5.41 Å². The van der Waals surface area contributed by atoms with Crippen molar-refractivity contribution in [3.63, 3.8) is 0 Å². The number of nitrogens with one attached hydrogen (secondary N) is 2. The zero-order valence-corrected chi connectivity index (χ0v) is 16.2. The summed E-state index contributed by atoms with van der Waals surface area (Å²) in [7, 11) is 3.49. The van der Waals surface area contributed by atoms with E-state index in [1.807, 2.05) is 24.3 Å². The van der Waals surface area contributed by atoms with E-state index in [1.54, 1.807) is 20.4 Å². The zero-order valence-electron chi connectivity index (χ0n) is 16.2. The number of benzene rings is 1. The van der Waals surface area contributed by atoms with Gasteiger partial charge in [-0.2, -0.15) is 0 Å². The number of rotatable bonds is 7. The summed E-state index contributed by atoms with van der Waals surface area (Å²) in [5.74, 6) is 2.65. The second-order valence-electron chi connectivity index (χ2n) is 6.80. The molecule has 1 fully saturated rings. The number of methoxy groups -OCH3 is 1. The molecule has 1 saturated heterocycles. The van der Waals surface area contributed by atoms with Gasteiger partial charge in [0, 0.05) is 45.2 Å². The number of nitrogens with zero attached hydrogens (tertiary/aromatic N) is 1. The molecule has 146 valence electrons. The molecular formula is C21H29N3O3. The Hall–Kier alpha value is -2.47. The number of guanidine groups is 1. The summed E-state index contributed by atoms with van der Waals surface area (Å²) in [5, 5.41) is 6.87. The predicted octanol–water partition coefficient (Wildman–Crippen LogP) is 2.74. The minimum atomic E-state index is 0.0309. The van der Waals surface area contributed by atoms with Crippen LogP contribution in [-0.4, -0.2) is 46.4 Å². The van der Waals surface area contributed by atoms with E-state index in [4.69, 9.17) is 13.9 Å². The first-order chi connectivity index (χ1) is 13.3. The molecule has 3 rings (SSSR count). The first kappa shape index (κ1) is 19.3. The lowest BCUT2D eigenvalue weighted by Crippen LogP contribution is -2.48. The van der Waals surface area contributed by atoms with Crippen LogP contribution >= 0.6 is 0 Å². The molecule has 1 aliphatic rings. The molecular weight excluding hydrogens is 342 g/mol. The average molecular weight is 371 g/mol. The quantitative estimate of drug-likeness (QED) is 0.579. The fourth-order valence-corrected chi connectivity index (χ4v) is 3.51. The van der Waals surface area contributed by atoms with Crippen LogP contribution < -0.4 is 15.4 Å². The van der Waals surface area contributed by atoms with Gasteiger partial charge in [0.05, 0.1) is 13.4 Å². The van der Waals surface area contributed by atoms with Gasteiger partial charge in [-0.15, -0.1) is 0 Å². The minimum Gasteiger partial charge on any atom is -0.497 e. The topological polar surface area (TPSA) is 68.0 Å². The van der Waals surface area contributed by atoms with Crippen molar-refractivity contribution in [1.29, 1.82) is 0 Å². The van der Waals surface area contributed by atoms with Gasteiger partial charge in [-0.05, 0) is 42.7 Å². The molecule has 6 heteroatoms. The van der Waals surface area contributed by atoms with Gasteiger partial charge in [0.15, 0.2) is 5.96 Å². The van der Waals surface area contributed by atoms with Crippen molar-refractivity contribution in [1.82, 2.24) is 10.6 Å². The molecule has 2 heterocycles. The van der Waals surface area contributed by atoms with Gasteiger partial charge in [0.1, 0.15) is 11.5 Å². The van der Waals surface area contributed by atoms with E-state index >= 15 is 0 Å². The van der Waals surface area contributed by atoms with Gasteiger partial charge in [0.25, 0.3) is 0 Å². The van der Waals surface area contributed by atoms with E-state index in [0.29, 0.717) is 0 Å². The van der Waals surface area contributed by atoms with Crippen LogP contribution in [-0.2, 0) is 16.6 Å². The Morgan fingerprint density at radius 2 is 1.93 bits per heavy atom. The SMILES string of the molecule is CN=C(NCCc1ccco1)NCC1(c2ccc(OC)cc2)CCOCC1. The van der Waals surface area contributed by atoms with E-state index in [1.165, 1.54) is 5.56 Å². The summed E-state index contributed by atoms with van der Waals surface area (Å²) in [6, 6.07) is 12.3. The number of aliphatic imine (C=N–C) groups is 1. The summed E-state index contributed by atoms with van der Waals surface area (Å²) in [5.41, 5.74) is 1.34. The first-order valence-electron chi connectivity index (χ1n) is 9.45. The first-order valence-corrected chi connectivity index (χ1v) is 9.45. The van der Waals surface area contributed by atoms with Crippen LogP contribution in [0.4, 0.5) is 0 Å². The van der Waals surface area contributed by atoms with Gasteiger partial charge in [-0.25, -0.2) is 0 Å². The molecule has 0 amide bonds. The Balaban J connectivity index is 1.61. The molecule has 0 aliphatic carbocycles. The molecule has 2 aromatic rings. The third-order valence-electron chi connectivity index (χ3n) is 5.21. The molecule has 0 atom stereocenters. The van der Waals surface area contributed by atoms with Crippen LogP contribution in [0.5, 0.6) is 5.75 Å². The Kier molecular flexibility index (Phi) is 6.76. The van der Waals surface area contributed by atoms with Crippen molar-refractivity contribution < 1.29 is 13.9 Å². The van der Waals surface area contributed by atoms with Gasteiger partial charge in [-0.1, -0.05) is 12.1 Å². The number of furan rings is 1. The van der Waals surface area contributed by atoms with Crippen LogP contribution in [0.3, 0.4) is 0 Å². The summed E-state index contributed by atoms with van der Waals surface area (Å²) in [6.07, 6.45) is 4.49. The van der Waals surface area contributed by atoms with E-state index < -0.39 is 0 Å². The molecule has 1 aromatic carbocycles. The monoisotopic (exact) mass is 371 g/mol. The third kappa shape index (κ3) is 5.04.